The second-order valence-corrected chi connectivity index (χ2v) is 8.45. The fourth-order valence-corrected chi connectivity index (χ4v) is 5.07. The van der Waals surface area contributed by atoms with Crippen LogP contribution in [-0.4, -0.2) is 40.9 Å². The van der Waals surface area contributed by atoms with Gasteiger partial charge in [-0.25, -0.2) is 4.79 Å². The second-order valence-electron chi connectivity index (χ2n) is 8.45. The molecule has 2 aliphatic carbocycles. The van der Waals surface area contributed by atoms with Gasteiger partial charge in [0.25, 0.3) is 5.91 Å². The number of hydrogen-bond donors (Lipinski definition) is 2. The first kappa shape index (κ1) is 19.2. The van der Waals surface area contributed by atoms with Gasteiger partial charge in [0.15, 0.2) is 0 Å². The first-order valence-electron chi connectivity index (χ1n) is 10.4. The van der Waals surface area contributed by atoms with Crippen molar-refractivity contribution in [3.05, 3.63) is 0 Å². The standard InChI is InChI=1S/C20H33N3O3/c1-3-4-9-15-10-7-11-16(15)21-17(24)13-23-18(25)20(22-19(23)26)12-6-5-8-14(20)2/h14-16H,3-13H2,1-2H3,(H,21,24)(H,22,26). The van der Waals surface area contributed by atoms with Crippen LogP contribution in [0.1, 0.15) is 78.1 Å². The summed E-state index contributed by atoms with van der Waals surface area (Å²) < 4.78 is 0. The zero-order chi connectivity index (χ0) is 18.7. The van der Waals surface area contributed by atoms with Crippen molar-refractivity contribution in [3.8, 4) is 0 Å². The predicted molar refractivity (Wildman–Crippen MR) is 99.4 cm³/mol. The Morgan fingerprint density at radius 2 is 2.04 bits per heavy atom. The van der Waals surface area contributed by atoms with Gasteiger partial charge < -0.3 is 10.6 Å². The molecule has 4 unspecified atom stereocenters. The van der Waals surface area contributed by atoms with Gasteiger partial charge in [-0.05, 0) is 43.9 Å². The molecule has 4 atom stereocenters. The van der Waals surface area contributed by atoms with Gasteiger partial charge >= 0.3 is 6.03 Å². The number of hydrogen-bond acceptors (Lipinski definition) is 3. The Hall–Kier alpha value is -1.59. The van der Waals surface area contributed by atoms with Gasteiger partial charge in [0.05, 0.1) is 0 Å². The molecule has 1 aliphatic heterocycles. The van der Waals surface area contributed by atoms with E-state index in [2.05, 4.69) is 17.6 Å². The lowest BCUT2D eigenvalue weighted by Crippen LogP contribution is -2.54. The summed E-state index contributed by atoms with van der Waals surface area (Å²) in [6.45, 7) is 4.05. The number of rotatable bonds is 6. The van der Waals surface area contributed by atoms with Crippen molar-refractivity contribution >= 4 is 17.8 Å². The van der Waals surface area contributed by atoms with Crippen molar-refractivity contribution in [1.29, 1.82) is 0 Å². The lowest BCUT2D eigenvalue weighted by atomic mass is 9.73. The largest absolute Gasteiger partial charge is 0.352 e. The second kappa shape index (κ2) is 7.97. The zero-order valence-corrected chi connectivity index (χ0v) is 16.2. The van der Waals surface area contributed by atoms with E-state index in [9.17, 15) is 14.4 Å². The number of carbonyl (C=O) groups is 3. The molecule has 3 fully saturated rings. The zero-order valence-electron chi connectivity index (χ0n) is 16.2. The Labute approximate surface area is 156 Å². The number of nitrogens with zero attached hydrogens (tertiary/aromatic N) is 1. The molecule has 0 aromatic carbocycles. The van der Waals surface area contributed by atoms with Crippen molar-refractivity contribution < 1.29 is 14.4 Å². The maximum absolute atomic E-state index is 12.9. The van der Waals surface area contributed by atoms with Crippen molar-refractivity contribution in [3.63, 3.8) is 0 Å². The average Bonchev–Trinajstić information content (AvgIpc) is 3.14. The first-order valence-corrected chi connectivity index (χ1v) is 10.4. The summed E-state index contributed by atoms with van der Waals surface area (Å²) in [4.78, 5) is 39.0. The summed E-state index contributed by atoms with van der Waals surface area (Å²) in [5.74, 6) is 0.238. The Bertz CT molecular complexity index is 565. The van der Waals surface area contributed by atoms with Crippen LogP contribution in [0.25, 0.3) is 0 Å². The number of unbranched alkanes of at least 4 members (excludes halogenated alkanes) is 1. The van der Waals surface area contributed by atoms with Crippen LogP contribution >= 0.6 is 0 Å². The fraction of sp³-hybridized carbons (Fsp3) is 0.850. The molecule has 1 heterocycles. The number of amides is 4. The van der Waals surface area contributed by atoms with E-state index >= 15 is 0 Å². The van der Waals surface area contributed by atoms with Crippen LogP contribution in [0.2, 0.25) is 0 Å². The molecule has 0 aromatic heterocycles. The van der Waals surface area contributed by atoms with Crippen LogP contribution < -0.4 is 10.6 Å². The molecule has 1 saturated heterocycles. The molecule has 0 bridgehead atoms. The maximum atomic E-state index is 12.9. The number of imide groups is 1. The number of nitrogens with one attached hydrogen (secondary N) is 2. The summed E-state index contributed by atoms with van der Waals surface area (Å²) in [6, 6.07) is -0.217. The number of carbonyl (C=O) groups excluding carboxylic acids is 3. The van der Waals surface area contributed by atoms with Crippen molar-refractivity contribution in [1.82, 2.24) is 15.5 Å². The van der Waals surface area contributed by atoms with E-state index in [0.717, 1.165) is 49.8 Å². The quantitative estimate of drug-likeness (QED) is 0.712. The van der Waals surface area contributed by atoms with Crippen LogP contribution in [0.15, 0.2) is 0 Å². The molecule has 146 valence electrons. The third kappa shape index (κ3) is 3.60. The molecular formula is C20H33N3O3. The summed E-state index contributed by atoms with van der Waals surface area (Å²) >= 11 is 0. The van der Waals surface area contributed by atoms with Crippen molar-refractivity contribution in [2.45, 2.75) is 89.6 Å². The summed E-state index contributed by atoms with van der Waals surface area (Å²) in [7, 11) is 0. The lowest BCUT2D eigenvalue weighted by Gasteiger charge is -2.36. The highest BCUT2D eigenvalue weighted by atomic mass is 16.2. The van der Waals surface area contributed by atoms with Gasteiger partial charge in [0.1, 0.15) is 12.1 Å². The minimum absolute atomic E-state index is 0.119. The Kier molecular flexibility index (Phi) is 5.88. The topological polar surface area (TPSA) is 78.5 Å². The SMILES string of the molecule is CCCCC1CCCC1NC(=O)CN1C(=O)NC2(CCCCC2C)C1=O. The molecule has 3 rings (SSSR count). The molecule has 1 spiro atoms. The van der Waals surface area contributed by atoms with Gasteiger partial charge in [-0.1, -0.05) is 46.0 Å². The molecule has 6 nitrogen and oxygen atoms in total. The highest BCUT2D eigenvalue weighted by molar-refractivity contribution is 6.09. The summed E-state index contributed by atoms with van der Waals surface area (Å²) in [5, 5.41) is 6.01. The van der Waals surface area contributed by atoms with E-state index in [1.165, 1.54) is 12.8 Å². The molecule has 6 heteroatoms. The molecule has 26 heavy (non-hydrogen) atoms. The van der Waals surface area contributed by atoms with Crippen LogP contribution in [-0.2, 0) is 9.59 Å². The highest BCUT2D eigenvalue weighted by Crippen LogP contribution is 2.38. The van der Waals surface area contributed by atoms with Crippen LogP contribution in [0, 0.1) is 11.8 Å². The fourth-order valence-electron chi connectivity index (χ4n) is 5.07. The molecule has 3 aliphatic rings. The maximum Gasteiger partial charge on any atom is 0.325 e. The Balaban J connectivity index is 1.59. The van der Waals surface area contributed by atoms with Gasteiger partial charge in [0, 0.05) is 6.04 Å². The highest BCUT2D eigenvalue weighted by Gasteiger charge is 2.55. The monoisotopic (exact) mass is 363 g/mol. The smallest absolute Gasteiger partial charge is 0.325 e. The molecule has 2 N–H and O–H groups in total. The molecule has 0 aromatic rings. The molecule has 2 saturated carbocycles. The molecule has 4 amide bonds. The number of urea groups is 1. The third-order valence-corrected chi connectivity index (χ3v) is 6.74. The first-order chi connectivity index (χ1) is 12.5. The van der Waals surface area contributed by atoms with E-state index < -0.39 is 11.6 Å². The van der Waals surface area contributed by atoms with Crippen molar-refractivity contribution in [2.75, 3.05) is 6.54 Å². The van der Waals surface area contributed by atoms with E-state index in [1.807, 2.05) is 6.92 Å². The van der Waals surface area contributed by atoms with E-state index in [-0.39, 0.29) is 30.3 Å². The predicted octanol–water partition coefficient (Wildman–Crippen LogP) is 2.96. The van der Waals surface area contributed by atoms with E-state index in [1.54, 1.807) is 0 Å². The Morgan fingerprint density at radius 3 is 2.77 bits per heavy atom. The van der Waals surface area contributed by atoms with Crippen LogP contribution in [0.3, 0.4) is 0 Å². The average molecular weight is 364 g/mol. The van der Waals surface area contributed by atoms with E-state index in [0.29, 0.717) is 12.3 Å². The van der Waals surface area contributed by atoms with Gasteiger partial charge in [-0.15, -0.1) is 0 Å². The van der Waals surface area contributed by atoms with E-state index in [4.69, 9.17) is 0 Å². The minimum Gasteiger partial charge on any atom is -0.352 e. The van der Waals surface area contributed by atoms with Gasteiger partial charge in [-0.3, -0.25) is 14.5 Å². The molecular weight excluding hydrogens is 330 g/mol. The minimum atomic E-state index is -0.785. The van der Waals surface area contributed by atoms with Crippen LogP contribution in [0.5, 0.6) is 0 Å². The van der Waals surface area contributed by atoms with Gasteiger partial charge in [-0.2, -0.15) is 0 Å². The third-order valence-electron chi connectivity index (χ3n) is 6.74. The molecule has 0 radical (unpaired) electrons. The normalized spacial score (nSPS) is 34.4. The van der Waals surface area contributed by atoms with Crippen LogP contribution in [0.4, 0.5) is 4.79 Å². The van der Waals surface area contributed by atoms with Crippen molar-refractivity contribution in [2.24, 2.45) is 11.8 Å². The summed E-state index contributed by atoms with van der Waals surface area (Å²) in [5.41, 5.74) is -0.785. The summed E-state index contributed by atoms with van der Waals surface area (Å²) in [6.07, 6.45) is 10.4. The Morgan fingerprint density at radius 1 is 1.23 bits per heavy atom. The lowest BCUT2D eigenvalue weighted by molar-refractivity contribution is -0.137. The van der Waals surface area contributed by atoms with Gasteiger partial charge in [0.2, 0.25) is 5.91 Å².